The van der Waals surface area contributed by atoms with Crippen LogP contribution in [0.4, 0.5) is 5.13 Å². The zero-order valence-corrected chi connectivity index (χ0v) is 17.8. The van der Waals surface area contributed by atoms with Crippen LogP contribution < -0.4 is 10.0 Å². The summed E-state index contributed by atoms with van der Waals surface area (Å²) in [5, 5.41) is 11.7. The molecule has 11 heteroatoms. The molecule has 0 unspecified atom stereocenters. The van der Waals surface area contributed by atoms with Crippen molar-refractivity contribution >= 4 is 55.6 Å². The van der Waals surface area contributed by atoms with Crippen molar-refractivity contribution in [3.05, 3.63) is 32.7 Å². The lowest BCUT2D eigenvalue weighted by Gasteiger charge is -2.11. The van der Waals surface area contributed by atoms with Crippen LogP contribution in [-0.4, -0.2) is 30.6 Å². The summed E-state index contributed by atoms with van der Waals surface area (Å²) >= 11 is 13.4. The molecule has 27 heavy (non-hydrogen) atoms. The van der Waals surface area contributed by atoms with E-state index in [-0.39, 0.29) is 26.5 Å². The number of anilines is 1. The van der Waals surface area contributed by atoms with E-state index < -0.39 is 15.9 Å². The average Bonchev–Trinajstić information content (AvgIpc) is 3.24. The van der Waals surface area contributed by atoms with E-state index in [9.17, 15) is 13.2 Å². The quantitative estimate of drug-likeness (QED) is 0.671. The average molecular weight is 449 g/mol. The Balaban J connectivity index is 1.83. The van der Waals surface area contributed by atoms with E-state index in [1.54, 1.807) is 0 Å². The highest BCUT2D eigenvalue weighted by atomic mass is 35.5. The molecule has 1 aliphatic carbocycles. The minimum absolute atomic E-state index is 0.00199. The van der Waals surface area contributed by atoms with Gasteiger partial charge in [0.25, 0.3) is 5.91 Å². The molecule has 1 aliphatic rings. The number of nitrogens with zero attached hydrogens (tertiary/aromatic N) is 2. The van der Waals surface area contributed by atoms with Gasteiger partial charge < -0.3 is 0 Å². The molecule has 1 saturated carbocycles. The van der Waals surface area contributed by atoms with Crippen molar-refractivity contribution in [2.75, 3.05) is 5.32 Å². The first-order valence-corrected chi connectivity index (χ1v) is 11.4. The van der Waals surface area contributed by atoms with Crippen molar-refractivity contribution < 1.29 is 13.2 Å². The maximum absolute atomic E-state index is 12.6. The van der Waals surface area contributed by atoms with Crippen molar-refractivity contribution in [2.45, 2.75) is 44.0 Å². The number of hydrogen-bond donors (Lipinski definition) is 2. The summed E-state index contributed by atoms with van der Waals surface area (Å²) in [4.78, 5) is 12.4. The molecule has 1 fully saturated rings. The van der Waals surface area contributed by atoms with Crippen LogP contribution in [0.2, 0.25) is 10.0 Å². The summed E-state index contributed by atoms with van der Waals surface area (Å²) in [5.41, 5.74) is -0.00199. The van der Waals surface area contributed by atoms with Crippen LogP contribution in [-0.2, 0) is 16.4 Å². The molecule has 1 amide bonds. The van der Waals surface area contributed by atoms with Crippen LogP contribution in [0.1, 0.15) is 42.1 Å². The number of halogens is 2. The second-order valence-corrected chi connectivity index (χ2v) is 10.3. The molecular formula is C16H18Cl2N4O3S2. The maximum atomic E-state index is 12.6. The van der Waals surface area contributed by atoms with Gasteiger partial charge in [-0.1, -0.05) is 48.4 Å². The van der Waals surface area contributed by atoms with E-state index in [0.29, 0.717) is 11.0 Å². The van der Waals surface area contributed by atoms with Crippen molar-refractivity contribution in [1.82, 2.24) is 14.9 Å². The first-order chi connectivity index (χ1) is 12.7. The van der Waals surface area contributed by atoms with Gasteiger partial charge in [0.1, 0.15) is 9.90 Å². The zero-order valence-electron chi connectivity index (χ0n) is 14.6. The van der Waals surface area contributed by atoms with Gasteiger partial charge in [-0.2, -0.15) is 0 Å². The highest BCUT2D eigenvalue weighted by molar-refractivity contribution is 7.89. The number of sulfonamides is 1. The van der Waals surface area contributed by atoms with E-state index in [1.807, 2.05) is 0 Å². The summed E-state index contributed by atoms with van der Waals surface area (Å²) < 4.78 is 27.5. The highest BCUT2D eigenvalue weighted by Crippen LogP contribution is 2.31. The van der Waals surface area contributed by atoms with E-state index >= 15 is 0 Å². The van der Waals surface area contributed by atoms with Gasteiger partial charge in [-0.25, -0.2) is 13.1 Å². The second-order valence-electron chi connectivity index (χ2n) is 6.71. The van der Waals surface area contributed by atoms with Crippen molar-refractivity contribution in [1.29, 1.82) is 0 Å². The molecule has 0 bridgehead atoms. The second kappa shape index (κ2) is 8.00. The summed E-state index contributed by atoms with van der Waals surface area (Å²) in [7, 11) is -3.83. The van der Waals surface area contributed by atoms with Gasteiger partial charge in [0.15, 0.2) is 0 Å². The van der Waals surface area contributed by atoms with Crippen LogP contribution in [0, 0.1) is 5.92 Å². The lowest BCUT2D eigenvalue weighted by atomic mass is 10.1. The molecule has 1 heterocycles. The predicted molar refractivity (Wildman–Crippen MR) is 106 cm³/mol. The van der Waals surface area contributed by atoms with Gasteiger partial charge in [0.05, 0.1) is 15.6 Å². The van der Waals surface area contributed by atoms with Gasteiger partial charge in [0, 0.05) is 12.5 Å². The molecule has 2 N–H and O–H groups in total. The number of rotatable bonds is 7. The molecule has 0 saturated heterocycles. The van der Waals surface area contributed by atoms with Gasteiger partial charge >= 0.3 is 0 Å². The molecule has 0 spiro atoms. The summed E-state index contributed by atoms with van der Waals surface area (Å²) in [6.07, 6.45) is 2.32. The highest BCUT2D eigenvalue weighted by Gasteiger charge is 2.30. The van der Waals surface area contributed by atoms with Crippen LogP contribution in [0.15, 0.2) is 17.0 Å². The number of hydrogen-bond acceptors (Lipinski definition) is 6. The first kappa shape index (κ1) is 20.5. The van der Waals surface area contributed by atoms with Gasteiger partial charge in [-0.05, 0) is 30.9 Å². The lowest BCUT2D eigenvalue weighted by molar-refractivity contribution is 0.102. The molecule has 7 nitrogen and oxygen atoms in total. The van der Waals surface area contributed by atoms with Crippen LogP contribution in [0.25, 0.3) is 0 Å². The smallest absolute Gasteiger partial charge is 0.259 e. The molecule has 2 aromatic rings. The van der Waals surface area contributed by atoms with E-state index in [0.717, 1.165) is 24.3 Å². The molecule has 1 aromatic carbocycles. The minimum Gasteiger partial charge on any atom is -0.296 e. The van der Waals surface area contributed by atoms with Gasteiger partial charge in [-0.15, -0.1) is 10.2 Å². The third-order valence-corrected chi connectivity index (χ3v) is 6.88. The lowest BCUT2D eigenvalue weighted by Crippen LogP contribution is -2.26. The molecule has 0 radical (unpaired) electrons. The van der Waals surface area contributed by atoms with Crippen molar-refractivity contribution in [3.63, 3.8) is 0 Å². The van der Waals surface area contributed by atoms with E-state index in [2.05, 4.69) is 34.1 Å². The monoisotopic (exact) mass is 448 g/mol. The molecular weight excluding hydrogens is 431 g/mol. The SMILES string of the molecule is CC(C)Cc1nnc(NC(=O)c2cc(S(=O)(=O)NC3CC3)c(Cl)cc2Cl)s1. The number of amides is 1. The van der Waals surface area contributed by atoms with Crippen molar-refractivity contribution in [3.8, 4) is 0 Å². The van der Waals surface area contributed by atoms with Crippen LogP contribution >= 0.6 is 34.5 Å². The zero-order chi connectivity index (χ0) is 19.8. The Morgan fingerprint density at radius 2 is 1.96 bits per heavy atom. The Morgan fingerprint density at radius 1 is 1.26 bits per heavy atom. The predicted octanol–water partition coefficient (Wildman–Crippen LogP) is 3.74. The van der Waals surface area contributed by atoms with Crippen LogP contribution in [0.5, 0.6) is 0 Å². The first-order valence-electron chi connectivity index (χ1n) is 8.31. The number of aromatic nitrogens is 2. The number of nitrogens with one attached hydrogen (secondary N) is 2. The molecule has 146 valence electrons. The molecule has 0 aliphatic heterocycles. The minimum atomic E-state index is -3.83. The number of carbonyl (C=O) groups excluding carboxylic acids is 1. The van der Waals surface area contributed by atoms with Crippen LogP contribution in [0.3, 0.4) is 0 Å². The third-order valence-electron chi connectivity index (χ3n) is 3.73. The fourth-order valence-corrected chi connectivity index (χ4v) is 5.40. The largest absolute Gasteiger partial charge is 0.296 e. The maximum Gasteiger partial charge on any atom is 0.259 e. The Labute approximate surface area is 171 Å². The fraction of sp³-hybridized carbons (Fsp3) is 0.438. The summed E-state index contributed by atoms with van der Waals surface area (Å²) in [5.74, 6) is -0.161. The fourth-order valence-electron chi connectivity index (χ4n) is 2.29. The molecule has 0 atom stereocenters. The Bertz CT molecular complexity index is 972. The van der Waals surface area contributed by atoms with Gasteiger partial charge in [0.2, 0.25) is 15.2 Å². The summed E-state index contributed by atoms with van der Waals surface area (Å²) in [6, 6.07) is 2.35. The number of benzene rings is 1. The standard InChI is InChI=1S/C16H18Cl2N4O3S2/c1-8(2)5-14-20-21-16(26-14)19-15(23)10-6-13(12(18)7-11(10)17)27(24,25)22-9-3-4-9/h6-9,22H,3-5H2,1-2H3,(H,19,21,23). The Hall–Kier alpha value is -1.26. The summed E-state index contributed by atoms with van der Waals surface area (Å²) in [6.45, 7) is 4.12. The Kier molecular flexibility index (Phi) is 6.07. The molecule has 1 aromatic heterocycles. The molecule has 3 rings (SSSR count). The van der Waals surface area contributed by atoms with E-state index in [1.165, 1.54) is 23.5 Å². The van der Waals surface area contributed by atoms with Gasteiger partial charge in [-0.3, -0.25) is 10.1 Å². The third kappa shape index (κ3) is 5.17. The normalized spacial score (nSPS) is 14.6. The van der Waals surface area contributed by atoms with E-state index in [4.69, 9.17) is 23.2 Å². The topological polar surface area (TPSA) is 101 Å². The number of carbonyl (C=O) groups is 1. The Morgan fingerprint density at radius 3 is 2.59 bits per heavy atom. The van der Waals surface area contributed by atoms with Crippen molar-refractivity contribution in [2.24, 2.45) is 5.92 Å².